The van der Waals surface area contributed by atoms with E-state index in [2.05, 4.69) is 4.98 Å². The SMILES string of the molecule is Cn1cc(-c2ccc(F)cc2)nc1N. The smallest absolute Gasteiger partial charge is 0.200 e. The second-order valence-corrected chi connectivity index (χ2v) is 3.10. The molecule has 14 heavy (non-hydrogen) atoms. The fraction of sp³-hybridized carbons (Fsp3) is 0.100. The average Bonchev–Trinajstić information content (AvgIpc) is 2.48. The summed E-state index contributed by atoms with van der Waals surface area (Å²) in [5.41, 5.74) is 7.20. The van der Waals surface area contributed by atoms with Gasteiger partial charge in [-0.15, -0.1) is 0 Å². The summed E-state index contributed by atoms with van der Waals surface area (Å²) in [4.78, 5) is 4.13. The predicted octanol–water partition coefficient (Wildman–Crippen LogP) is 1.81. The number of nitrogens with zero attached hydrogens (tertiary/aromatic N) is 2. The summed E-state index contributed by atoms with van der Waals surface area (Å²) >= 11 is 0. The van der Waals surface area contributed by atoms with Gasteiger partial charge in [-0.2, -0.15) is 0 Å². The van der Waals surface area contributed by atoms with E-state index in [-0.39, 0.29) is 5.82 Å². The molecule has 3 nitrogen and oxygen atoms in total. The number of nitrogens with two attached hydrogens (primary N) is 1. The molecule has 0 aliphatic rings. The lowest BCUT2D eigenvalue weighted by Crippen LogP contribution is -1.94. The third kappa shape index (κ3) is 1.46. The van der Waals surface area contributed by atoms with Crippen molar-refractivity contribution in [3.63, 3.8) is 0 Å². The zero-order valence-electron chi connectivity index (χ0n) is 7.74. The van der Waals surface area contributed by atoms with E-state index in [4.69, 9.17) is 5.73 Å². The Kier molecular flexibility index (Phi) is 1.96. The number of hydrogen-bond donors (Lipinski definition) is 1. The van der Waals surface area contributed by atoms with E-state index in [1.807, 2.05) is 13.2 Å². The molecule has 1 heterocycles. The molecule has 1 aromatic heterocycles. The number of aromatic nitrogens is 2. The number of anilines is 1. The van der Waals surface area contributed by atoms with Gasteiger partial charge in [-0.25, -0.2) is 9.37 Å². The number of hydrogen-bond acceptors (Lipinski definition) is 2. The first kappa shape index (κ1) is 8.74. The van der Waals surface area contributed by atoms with E-state index in [9.17, 15) is 4.39 Å². The Morgan fingerprint density at radius 3 is 2.43 bits per heavy atom. The van der Waals surface area contributed by atoms with E-state index >= 15 is 0 Å². The molecular formula is C10H10FN3. The van der Waals surface area contributed by atoms with Gasteiger partial charge in [0.15, 0.2) is 5.95 Å². The third-order valence-corrected chi connectivity index (χ3v) is 2.05. The molecule has 2 rings (SSSR count). The summed E-state index contributed by atoms with van der Waals surface area (Å²) in [6.45, 7) is 0. The summed E-state index contributed by atoms with van der Waals surface area (Å²) in [6, 6.07) is 6.16. The number of rotatable bonds is 1. The van der Waals surface area contributed by atoms with Crippen LogP contribution in [0.3, 0.4) is 0 Å². The van der Waals surface area contributed by atoms with Crippen LogP contribution in [-0.2, 0) is 7.05 Å². The highest BCUT2D eigenvalue weighted by Crippen LogP contribution is 2.18. The maximum atomic E-state index is 12.6. The minimum Gasteiger partial charge on any atom is -0.369 e. The van der Waals surface area contributed by atoms with Crippen LogP contribution in [0.15, 0.2) is 30.5 Å². The highest BCUT2D eigenvalue weighted by molar-refractivity contribution is 5.60. The second-order valence-electron chi connectivity index (χ2n) is 3.10. The molecule has 0 unspecified atom stereocenters. The van der Waals surface area contributed by atoms with Crippen LogP contribution in [0.2, 0.25) is 0 Å². The lowest BCUT2D eigenvalue weighted by Gasteiger charge is -1.94. The van der Waals surface area contributed by atoms with E-state index in [0.717, 1.165) is 11.3 Å². The monoisotopic (exact) mass is 191 g/mol. The van der Waals surface area contributed by atoms with Gasteiger partial charge in [0.1, 0.15) is 5.82 Å². The zero-order valence-corrected chi connectivity index (χ0v) is 7.74. The first-order chi connectivity index (χ1) is 6.66. The van der Waals surface area contributed by atoms with E-state index in [1.165, 1.54) is 12.1 Å². The minimum absolute atomic E-state index is 0.252. The van der Waals surface area contributed by atoms with Crippen molar-refractivity contribution in [2.45, 2.75) is 0 Å². The van der Waals surface area contributed by atoms with Gasteiger partial charge in [0, 0.05) is 18.8 Å². The number of benzene rings is 1. The lowest BCUT2D eigenvalue weighted by atomic mass is 10.2. The molecule has 0 spiro atoms. The Morgan fingerprint density at radius 1 is 1.29 bits per heavy atom. The molecule has 1 aromatic carbocycles. The molecule has 0 aliphatic carbocycles. The number of aryl methyl sites for hydroxylation is 1. The van der Waals surface area contributed by atoms with E-state index in [0.29, 0.717) is 5.95 Å². The minimum atomic E-state index is -0.252. The van der Waals surface area contributed by atoms with Crippen molar-refractivity contribution in [1.29, 1.82) is 0 Å². The summed E-state index contributed by atoms with van der Waals surface area (Å²) in [5.74, 6) is 0.196. The van der Waals surface area contributed by atoms with Gasteiger partial charge in [-0.1, -0.05) is 0 Å². The predicted molar refractivity (Wildman–Crippen MR) is 53.0 cm³/mol. The summed E-state index contributed by atoms with van der Waals surface area (Å²) in [6.07, 6.45) is 1.81. The highest BCUT2D eigenvalue weighted by Gasteiger charge is 2.03. The number of halogens is 1. The van der Waals surface area contributed by atoms with Gasteiger partial charge < -0.3 is 10.3 Å². The van der Waals surface area contributed by atoms with Crippen LogP contribution in [0, 0.1) is 5.82 Å². The maximum Gasteiger partial charge on any atom is 0.200 e. The van der Waals surface area contributed by atoms with Crippen LogP contribution in [0.1, 0.15) is 0 Å². The van der Waals surface area contributed by atoms with Crippen molar-refractivity contribution in [2.75, 3.05) is 5.73 Å². The normalized spacial score (nSPS) is 10.4. The number of imidazole rings is 1. The molecule has 2 N–H and O–H groups in total. The van der Waals surface area contributed by atoms with Crippen LogP contribution in [0.25, 0.3) is 11.3 Å². The first-order valence-electron chi connectivity index (χ1n) is 4.21. The maximum absolute atomic E-state index is 12.6. The van der Waals surface area contributed by atoms with Crippen molar-refractivity contribution in [3.8, 4) is 11.3 Å². The Morgan fingerprint density at radius 2 is 1.93 bits per heavy atom. The van der Waals surface area contributed by atoms with Crippen molar-refractivity contribution < 1.29 is 4.39 Å². The average molecular weight is 191 g/mol. The molecule has 0 atom stereocenters. The van der Waals surface area contributed by atoms with Gasteiger partial charge >= 0.3 is 0 Å². The van der Waals surface area contributed by atoms with Gasteiger partial charge in [-0.3, -0.25) is 0 Å². The fourth-order valence-electron chi connectivity index (χ4n) is 1.24. The summed E-state index contributed by atoms with van der Waals surface area (Å²) in [7, 11) is 1.81. The fourth-order valence-corrected chi connectivity index (χ4v) is 1.24. The van der Waals surface area contributed by atoms with Gasteiger partial charge in [0.25, 0.3) is 0 Å². The first-order valence-corrected chi connectivity index (χ1v) is 4.21. The van der Waals surface area contributed by atoms with Crippen molar-refractivity contribution in [2.24, 2.45) is 7.05 Å². The molecule has 0 amide bonds. The highest BCUT2D eigenvalue weighted by atomic mass is 19.1. The van der Waals surface area contributed by atoms with E-state index in [1.54, 1.807) is 16.7 Å². The molecule has 2 aromatic rings. The molecule has 72 valence electrons. The lowest BCUT2D eigenvalue weighted by molar-refractivity contribution is 0.628. The van der Waals surface area contributed by atoms with Gasteiger partial charge in [0.2, 0.25) is 0 Å². The molecule has 0 fully saturated rings. The Labute approximate surface area is 81.0 Å². The molecule has 0 saturated heterocycles. The Balaban J connectivity index is 2.44. The third-order valence-electron chi connectivity index (χ3n) is 2.05. The Bertz CT molecular complexity index is 425. The summed E-state index contributed by atoms with van der Waals surface area (Å²) < 4.78 is 14.4. The zero-order chi connectivity index (χ0) is 10.1. The summed E-state index contributed by atoms with van der Waals surface area (Å²) in [5, 5.41) is 0. The van der Waals surface area contributed by atoms with Gasteiger partial charge in [0.05, 0.1) is 5.69 Å². The Hall–Kier alpha value is -1.84. The second kappa shape index (κ2) is 3.14. The van der Waals surface area contributed by atoms with Crippen LogP contribution in [0.5, 0.6) is 0 Å². The van der Waals surface area contributed by atoms with Crippen molar-refractivity contribution in [1.82, 2.24) is 9.55 Å². The van der Waals surface area contributed by atoms with E-state index < -0.39 is 0 Å². The van der Waals surface area contributed by atoms with Crippen LogP contribution >= 0.6 is 0 Å². The molecule has 0 aliphatic heterocycles. The quantitative estimate of drug-likeness (QED) is 0.747. The molecular weight excluding hydrogens is 181 g/mol. The topological polar surface area (TPSA) is 43.8 Å². The molecule has 0 radical (unpaired) electrons. The molecule has 0 saturated carbocycles. The van der Waals surface area contributed by atoms with Gasteiger partial charge in [-0.05, 0) is 24.3 Å². The van der Waals surface area contributed by atoms with Crippen LogP contribution < -0.4 is 5.73 Å². The van der Waals surface area contributed by atoms with Crippen molar-refractivity contribution >= 4 is 5.95 Å². The molecule has 0 bridgehead atoms. The number of nitrogen functional groups attached to an aromatic ring is 1. The van der Waals surface area contributed by atoms with Crippen LogP contribution in [-0.4, -0.2) is 9.55 Å². The largest absolute Gasteiger partial charge is 0.369 e. The molecule has 4 heteroatoms. The standard InChI is InChI=1S/C10H10FN3/c1-14-6-9(13-10(14)12)7-2-4-8(11)5-3-7/h2-6H,1H3,(H2,12,13). The van der Waals surface area contributed by atoms with Crippen molar-refractivity contribution in [3.05, 3.63) is 36.3 Å². The van der Waals surface area contributed by atoms with Crippen LogP contribution in [0.4, 0.5) is 10.3 Å².